The van der Waals surface area contributed by atoms with Crippen LogP contribution < -0.4 is 10.1 Å². The standard InChI is InChI=1S/C12H17NO4/c1-8(16-2)7-13-12(15)9-4-5-11(17-3)10(14)6-9/h4-6,8,14H,7H2,1-3H3,(H,13,15). The smallest absolute Gasteiger partial charge is 0.251 e. The molecule has 17 heavy (non-hydrogen) atoms. The first kappa shape index (κ1) is 13.3. The summed E-state index contributed by atoms with van der Waals surface area (Å²) in [5.74, 6) is 0.0265. The van der Waals surface area contributed by atoms with Crippen molar-refractivity contribution >= 4 is 5.91 Å². The molecule has 0 aliphatic carbocycles. The van der Waals surface area contributed by atoms with Crippen molar-refractivity contribution in [1.29, 1.82) is 0 Å². The Morgan fingerprint density at radius 1 is 1.47 bits per heavy atom. The van der Waals surface area contributed by atoms with Gasteiger partial charge >= 0.3 is 0 Å². The number of methoxy groups -OCH3 is 2. The van der Waals surface area contributed by atoms with Crippen LogP contribution in [0.2, 0.25) is 0 Å². The van der Waals surface area contributed by atoms with Crippen LogP contribution in [-0.2, 0) is 4.74 Å². The Labute approximate surface area is 100 Å². The molecule has 1 amide bonds. The zero-order valence-corrected chi connectivity index (χ0v) is 10.2. The summed E-state index contributed by atoms with van der Waals surface area (Å²) < 4.78 is 9.91. The Morgan fingerprint density at radius 2 is 2.18 bits per heavy atom. The normalized spacial score (nSPS) is 11.9. The van der Waals surface area contributed by atoms with Crippen LogP contribution in [0.5, 0.6) is 11.5 Å². The molecule has 0 fully saturated rings. The second-order valence-electron chi connectivity index (χ2n) is 3.64. The number of ether oxygens (including phenoxy) is 2. The highest BCUT2D eigenvalue weighted by atomic mass is 16.5. The van der Waals surface area contributed by atoms with E-state index in [2.05, 4.69) is 5.32 Å². The lowest BCUT2D eigenvalue weighted by molar-refractivity contribution is 0.0870. The van der Waals surface area contributed by atoms with Crippen LogP contribution in [0.4, 0.5) is 0 Å². The van der Waals surface area contributed by atoms with Crippen molar-refractivity contribution in [2.75, 3.05) is 20.8 Å². The van der Waals surface area contributed by atoms with Gasteiger partial charge in [0, 0.05) is 19.2 Å². The maximum absolute atomic E-state index is 11.7. The van der Waals surface area contributed by atoms with Crippen molar-refractivity contribution in [2.45, 2.75) is 13.0 Å². The van der Waals surface area contributed by atoms with Gasteiger partial charge in [0.05, 0.1) is 13.2 Å². The lowest BCUT2D eigenvalue weighted by Gasteiger charge is -2.11. The summed E-state index contributed by atoms with van der Waals surface area (Å²) in [5.41, 5.74) is 0.381. The van der Waals surface area contributed by atoms with Crippen molar-refractivity contribution in [2.24, 2.45) is 0 Å². The number of hydrogen-bond acceptors (Lipinski definition) is 4. The Bertz CT molecular complexity index is 392. The van der Waals surface area contributed by atoms with Gasteiger partial charge in [-0.2, -0.15) is 0 Å². The summed E-state index contributed by atoms with van der Waals surface area (Å²) >= 11 is 0. The Balaban J connectivity index is 2.66. The Morgan fingerprint density at radius 3 is 2.71 bits per heavy atom. The number of benzene rings is 1. The maximum atomic E-state index is 11.7. The van der Waals surface area contributed by atoms with Crippen LogP contribution >= 0.6 is 0 Å². The molecule has 0 aromatic heterocycles. The molecule has 0 saturated carbocycles. The highest BCUT2D eigenvalue weighted by molar-refractivity contribution is 5.94. The van der Waals surface area contributed by atoms with Crippen LogP contribution in [0.1, 0.15) is 17.3 Å². The van der Waals surface area contributed by atoms with Gasteiger partial charge in [-0.1, -0.05) is 0 Å². The third-order valence-electron chi connectivity index (χ3n) is 2.39. The molecule has 5 nitrogen and oxygen atoms in total. The van der Waals surface area contributed by atoms with Gasteiger partial charge in [0.2, 0.25) is 0 Å². The average Bonchev–Trinajstić information content (AvgIpc) is 2.35. The van der Waals surface area contributed by atoms with E-state index in [4.69, 9.17) is 9.47 Å². The first-order valence-corrected chi connectivity index (χ1v) is 5.26. The number of hydrogen-bond donors (Lipinski definition) is 2. The molecule has 0 saturated heterocycles. The fourth-order valence-electron chi connectivity index (χ4n) is 1.25. The third-order valence-corrected chi connectivity index (χ3v) is 2.39. The molecule has 1 aromatic rings. The number of phenols is 1. The summed E-state index contributed by atoms with van der Waals surface area (Å²) in [5, 5.41) is 12.2. The molecule has 1 rings (SSSR count). The summed E-state index contributed by atoms with van der Waals surface area (Å²) in [7, 11) is 3.03. The monoisotopic (exact) mass is 239 g/mol. The third kappa shape index (κ3) is 3.64. The molecule has 2 N–H and O–H groups in total. The summed E-state index contributed by atoms with van der Waals surface area (Å²) in [4.78, 5) is 11.7. The molecule has 1 unspecified atom stereocenters. The van der Waals surface area contributed by atoms with E-state index < -0.39 is 0 Å². The van der Waals surface area contributed by atoms with E-state index in [-0.39, 0.29) is 17.8 Å². The van der Waals surface area contributed by atoms with Gasteiger partial charge in [-0.05, 0) is 25.1 Å². The summed E-state index contributed by atoms with van der Waals surface area (Å²) in [6.07, 6.45) is -0.0502. The molecule has 1 aromatic carbocycles. The average molecular weight is 239 g/mol. The molecule has 0 bridgehead atoms. The SMILES string of the molecule is COc1ccc(C(=O)NCC(C)OC)cc1O. The van der Waals surface area contributed by atoms with Crippen molar-refractivity contribution in [3.8, 4) is 11.5 Å². The van der Waals surface area contributed by atoms with Gasteiger partial charge in [-0.25, -0.2) is 0 Å². The summed E-state index contributed by atoms with van der Waals surface area (Å²) in [6.45, 7) is 2.27. The lowest BCUT2D eigenvalue weighted by Crippen LogP contribution is -2.31. The highest BCUT2D eigenvalue weighted by Crippen LogP contribution is 2.25. The van der Waals surface area contributed by atoms with Crippen LogP contribution in [-0.4, -0.2) is 37.9 Å². The lowest BCUT2D eigenvalue weighted by atomic mass is 10.2. The van der Waals surface area contributed by atoms with Gasteiger partial charge in [-0.3, -0.25) is 4.79 Å². The largest absolute Gasteiger partial charge is 0.504 e. The second-order valence-corrected chi connectivity index (χ2v) is 3.64. The fraction of sp³-hybridized carbons (Fsp3) is 0.417. The van der Waals surface area contributed by atoms with Crippen molar-refractivity contribution in [3.63, 3.8) is 0 Å². The van der Waals surface area contributed by atoms with Crippen molar-refractivity contribution < 1.29 is 19.4 Å². The number of aromatic hydroxyl groups is 1. The molecule has 94 valence electrons. The molecular formula is C12H17NO4. The van der Waals surface area contributed by atoms with E-state index in [1.54, 1.807) is 19.2 Å². The number of amides is 1. The molecular weight excluding hydrogens is 222 g/mol. The van der Waals surface area contributed by atoms with Gasteiger partial charge in [0.1, 0.15) is 0 Å². The van der Waals surface area contributed by atoms with E-state index >= 15 is 0 Å². The number of carbonyl (C=O) groups is 1. The summed E-state index contributed by atoms with van der Waals surface area (Å²) in [6, 6.07) is 4.50. The second kappa shape index (κ2) is 6.10. The molecule has 1 atom stereocenters. The molecule has 0 aliphatic rings. The molecule has 5 heteroatoms. The molecule has 0 spiro atoms. The zero-order valence-electron chi connectivity index (χ0n) is 10.2. The number of carbonyl (C=O) groups excluding carboxylic acids is 1. The Kier molecular flexibility index (Phi) is 4.78. The van der Waals surface area contributed by atoms with E-state index in [0.717, 1.165) is 0 Å². The first-order chi connectivity index (χ1) is 8.08. The minimum atomic E-state index is -0.258. The van der Waals surface area contributed by atoms with Crippen LogP contribution in [0.25, 0.3) is 0 Å². The predicted molar refractivity (Wildman–Crippen MR) is 63.5 cm³/mol. The van der Waals surface area contributed by atoms with Gasteiger partial charge in [0.25, 0.3) is 5.91 Å². The van der Waals surface area contributed by atoms with Crippen LogP contribution in [0.15, 0.2) is 18.2 Å². The molecule has 0 aliphatic heterocycles. The minimum Gasteiger partial charge on any atom is -0.504 e. The van der Waals surface area contributed by atoms with E-state index in [1.807, 2.05) is 6.92 Å². The number of rotatable bonds is 5. The Hall–Kier alpha value is -1.75. The van der Waals surface area contributed by atoms with E-state index in [1.165, 1.54) is 13.2 Å². The highest BCUT2D eigenvalue weighted by Gasteiger charge is 2.10. The molecule has 0 heterocycles. The predicted octanol–water partition coefficient (Wildman–Crippen LogP) is 1.17. The zero-order chi connectivity index (χ0) is 12.8. The topological polar surface area (TPSA) is 67.8 Å². The van der Waals surface area contributed by atoms with Crippen molar-refractivity contribution in [3.05, 3.63) is 23.8 Å². The van der Waals surface area contributed by atoms with Gasteiger partial charge in [-0.15, -0.1) is 0 Å². The number of nitrogens with one attached hydrogen (secondary N) is 1. The fourth-order valence-corrected chi connectivity index (χ4v) is 1.25. The quantitative estimate of drug-likeness (QED) is 0.809. The number of phenolic OH excluding ortho intramolecular Hbond substituents is 1. The maximum Gasteiger partial charge on any atom is 0.251 e. The van der Waals surface area contributed by atoms with Gasteiger partial charge in [0.15, 0.2) is 11.5 Å². The molecule has 0 radical (unpaired) electrons. The van der Waals surface area contributed by atoms with Crippen molar-refractivity contribution in [1.82, 2.24) is 5.32 Å². The van der Waals surface area contributed by atoms with E-state index in [0.29, 0.717) is 17.9 Å². The van der Waals surface area contributed by atoms with Gasteiger partial charge < -0.3 is 19.9 Å². The van der Waals surface area contributed by atoms with Crippen LogP contribution in [0, 0.1) is 0 Å². The minimum absolute atomic E-state index is 0.0502. The van der Waals surface area contributed by atoms with Crippen LogP contribution in [0.3, 0.4) is 0 Å². The van der Waals surface area contributed by atoms with E-state index in [9.17, 15) is 9.90 Å². The first-order valence-electron chi connectivity index (χ1n) is 5.26.